The van der Waals surface area contributed by atoms with Crippen LogP contribution in [0.15, 0.2) is 36.4 Å². The van der Waals surface area contributed by atoms with E-state index in [0.717, 1.165) is 6.54 Å². The first kappa shape index (κ1) is 16.9. The third-order valence-electron chi connectivity index (χ3n) is 3.16. The van der Waals surface area contributed by atoms with Crippen molar-refractivity contribution < 1.29 is 19.8 Å². The molecule has 0 aliphatic carbocycles. The summed E-state index contributed by atoms with van der Waals surface area (Å²) in [6, 6.07) is 10.7. The van der Waals surface area contributed by atoms with E-state index in [1.165, 1.54) is 37.1 Å². The number of rotatable bonds is 3. The van der Waals surface area contributed by atoms with Crippen molar-refractivity contribution in [2.24, 2.45) is 0 Å². The molecule has 0 fully saturated rings. The molecule has 2 rings (SSSR count). The highest BCUT2D eigenvalue weighted by molar-refractivity contribution is 6.27. The van der Waals surface area contributed by atoms with E-state index < -0.39 is 11.9 Å². The minimum atomic E-state index is -1.82. The van der Waals surface area contributed by atoms with Gasteiger partial charge in [0.05, 0.1) is 0 Å². The highest BCUT2D eigenvalue weighted by atomic mass is 16.4. The zero-order valence-corrected chi connectivity index (χ0v) is 12.2. The summed E-state index contributed by atoms with van der Waals surface area (Å²) in [5, 5.41) is 14.8. The van der Waals surface area contributed by atoms with Crippen molar-refractivity contribution in [1.82, 2.24) is 4.90 Å². The minimum absolute atomic E-state index is 1.12. The molecule has 1 aromatic rings. The first-order valence-corrected chi connectivity index (χ1v) is 6.97. The van der Waals surface area contributed by atoms with Crippen LogP contribution in [-0.4, -0.2) is 46.7 Å². The Bertz CT molecular complexity index is 484. The van der Waals surface area contributed by atoms with Gasteiger partial charge in [0.2, 0.25) is 0 Å². The van der Waals surface area contributed by atoms with E-state index in [9.17, 15) is 0 Å². The van der Waals surface area contributed by atoms with E-state index in [1.54, 1.807) is 0 Å². The predicted octanol–water partition coefficient (Wildman–Crippen LogP) is 2.34. The zero-order valence-electron chi connectivity index (χ0n) is 12.2. The number of carbonyl (C=O) groups is 2. The van der Waals surface area contributed by atoms with E-state index in [2.05, 4.69) is 48.2 Å². The maximum atomic E-state index is 9.10. The fourth-order valence-electron chi connectivity index (χ4n) is 2.14. The van der Waals surface area contributed by atoms with Crippen molar-refractivity contribution in [3.63, 3.8) is 0 Å². The van der Waals surface area contributed by atoms with Crippen LogP contribution in [0.5, 0.6) is 0 Å². The van der Waals surface area contributed by atoms with Crippen LogP contribution in [0.3, 0.4) is 0 Å². The Morgan fingerprint density at radius 2 is 1.76 bits per heavy atom. The van der Waals surface area contributed by atoms with E-state index in [0.29, 0.717) is 0 Å². The van der Waals surface area contributed by atoms with Gasteiger partial charge < -0.3 is 10.2 Å². The Kier molecular flexibility index (Phi) is 7.18. The van der Waals surface area contributed by atoms with Crippen molar-refractivity contribution >= 4 is 17.5 Å². The zero-order chi connectivity index (χ0) is 15.7. The van der Waals surface area contributed by atoms with Gasteiger partial charge in [0, 0.05) is 13.1 Å². The van der Waals surface area contributed by atoms with Crippen molar-refractivity contribution in [3.05, 3.63) is 42.0 Å². The maximum Gasteiger partial charge on any atom is 0.414 e. The SMILES string of the molecule is CCCN1CC=C(c2ccccc2)CC1.O=C(O)C(=O)O. The fraction of sp³-hybridized carbons (Fsp3) is 0.375. The molecule has 0 spiro atoms. The summed E-state index contributed by atoms with van der Waals surface area (Å²) in [6.45, 7) is 5.82. The molecule has 0 saturated heterocycles. The number of hydrogen-bond acceptors (Lipinski definition) is 3. The van der Waals surface area contributed by atoms with Crippen LogP contribution in [0.4, 0.5) is 0 Å². The Hall–Kier alpha value is -2.14. The minimum Gasteiger partial charge on any atom is -0.473 e. The first-order chi connectivity index (χ1) is 10.0. The molecule has 5 heteroatoms. The summed E-state index contributed by atoms with van der Waals surface area (Å²) in [5.74, 6) is -3.65. The summed E-state index contributed by atoms with van der Waals surface area (Å²) < 4.78 is 0. The van der Waals surface area contributed by atoms with Crippen LogP contribution < -0.4 is 0 Å². The lowest BCUT2D eigenvalue weighted by molar-refractivity contribution is -0.159. The quantitative estimate of drug-likeness (QED) is 0.836. The van der Waals surface area contributed by atoms with Crippen molar-refractivity contribution in [3.8, 4) is 0 Å². The molecule has 21 heavy (non-hydrogen) atoms. The molecule has 1 aromatic carbocycles. The molecule has 114 valence electrons. The van der Waals surface area contributed by atoms with Gasteiger partial charge >= 0.3 is 11.9 Å². The number of benzene rings is 1. The van der Waals surface area contributed by atoms with Crippen LogP contribution in [0, 0.1) is 0 Å². The fourth-order valence-corrected chi connectivity index (χ4v) is 2.14. The lowest BCUT2D eigenvalue weighted by Gasteiger charge is -2.25. The first-order valence-electron chi connectivity index (χ1n) is 6.97. The maximum absolute atomic E-state index is 9.10. The van der Waals surface area contributed by atoms with Gasteiger partial charge in [-0.3, -0.25) is 4.90 Å². The third kappa shape index (κ3) is 6.23. The van der Waals surface area contributed by atoms with E-state index in [-0.39, 0.29) is 0 Å². The number of carboxylic acid groups (broad SMARTS) is 2. The van der Waals surface area contributed by atoms with Gasteiger partial charge in [0.1, 0.15) is 0 Å². The van der Waals surface area contributed by atoms with Gasteiger partial charge in [-0.1, -0.05) is 43.3 Å². The van der Waals surface area contributed by atoms with Crippen molar-refractivity contribution in [1.29, 1.82) is 0 Å². The van der Waals surface area contributed by atoms with E-state index in [4.69, 9.17) is 19.8 Å². The normalized spacial score (nSPS) is 14.6. The van der Waals surface area contributed by atoms with Crippen molar-refractivity contribution in [2.45, 2.75) is 19.8 Å². The molecule has 0 bridgehead atoms. The summed E-state index contributed by atoms with van der Waals surface area (Å²) in [6.07, 6.45) is 4.84. The molecule has 5 nitrogen and oxygen atoms in total. The topological polar surface area (TPSA) is 77.8 Å². The Balaban J connectivity index is 0.000000315. The number of hydrogen-bond donors (Lipinski definition) is 2. The molecule has 1 heterocycles. The second-order valence-corrected chi connectivity index (χ2v) is 4.76. The van der Waals surface area contributed by atoms with Gasteiger partial charge in [-0.2, -0.15) is 0 Å². The molecule has 2 N–H and O–H groups in total. The van der Waals surface area contributed by atoms with Gasteiger partial charge in [-0.15, -0.1) is 0 Å². The summed E-state index contributed by atoms with van der Waals surface area (Å²) in [7, 11) is 0. The summed E-state index contributed by atoms with van der Waals surface area (Å²) >= 11 is 0. The largest absolute Gasteiger partial charge is 0.473 e. The lowest BCUT2D eigenvalue weighted by Crippen LogP contribution is -2.29. The monoisotopic (exact) mass is 291 g/mol. The highest BCUT2D eigenvalue weighted by Gasteiger charge is 2.11. The summed E-state index contributed by atoms with van der Waals surface area (Å²) in [5.41, 5.74) is 2.91. The van der Waals surface area contributed by atoms with Gasteiger partial charge in [-0.25, -0.2) is 9.59 Å². The lowest BCUT2D eigenvalue weighted by atomic mass is 9.99. The predicted molar refractivity (Wildman–Crippen MR) is 81.0 cm³/mol. The number of aliphatic carboxylic acids is 2. The molecule has 1 aliphatic heterocycles. The van der Waals surface area contributed by atoms with Crippen LogP contribution in [0.25, 0.3) is 5.57 Å². The number of carboxylic acids is 2. The smallest absolute Gasteiger partial charge is 0.414 e. The second-order valence-electron chi connectivity index (χ2n) is 4.76. The molecule has 0 amide bonds. The molecule has 0 saturated carbocycles. The van der Waals surface area contributed by atoms with Crippen LogP contribution in [0.1, 0.15) is 25.3 Å². The molecular weight excluding hydrogens is 270 g/mol. The molecular formula is C16H21NO4. The highest BCUT2D eigenvalue weighted by Crippen LogP contribution is 2.21. The Morgan fingerprint density at radius 3 is 2.19 bits per heavy atom. The van der Waals surface area contributed by atoms with Gasteiger partial charge in [0.15, 0.2) is 0 Å². The van der Waals surface area contributed by atoms with Gasteiger partial charge in [0.25, 0.3) is 0 Å². The molecule has 0 radical (unpaired) electrons. The standard InChI is InChI=1S/C14H19N.C2H2O4/c1-2-10-15-11-8-14(9-12-15)13-6-4-3-5-7-13;3-1(4)2(5)6/h3-8H,2,9-12H2,1H3;(H,3,4)(H,5,6). The van der Waals surface area contributed by atoms with Crippen LogP contribution in [0.2, 0.25) is 0 Å². The van der Waals surface area contributed by atoms with E-state index in [1.807, 2.05) is 0 Å². The van der Waals surface area contributed by atoms with Crippen LogP contribution >= 0.6 is 0 Å². The van der Waals surface area contributed by atoms with Crippen molar-refractivity contribution in [2.75, 3.05) is 19.6 Å². The molecule has 0 unspecified atom stereocenters. The average molecular weight is 291 g/mol. The summed E-state index contributed by atoms with van der Waals surface area (Å²) in [4.78, 5) is 20.7. The Labute approximate surface area is 124 Å². The molecule has 1 aliphatic rings. The Morgan fingerprint density at radius 1 is 1.14 bits per heavy atom. The second kappa shape index (κ2) is 8.92. The van der Waals surface area contributed by atoms with Gasteiger partial charge in [-0.05, 0) is 30.5 Å². The third-order valence-corrected chi connectivity index (χ3v) is 3.16. The average Bonchev–Trinajstić information content (AvgIpc) is 2.50. The molecule has 0 aromatic heterocycles. The van der Waals surface area contributed by atoms with E-state index >= 15 is 0 Å². The number of nitrogens with zero attached hydrogens (tertiary/aromatic N) is 1. The van der Waals surface area contributed by atoms with Crippen LogP contribution in [-0.2, 0) is 9.59 Å². The molecule has 0 atom stereocenters.